The summed E-state index contributed by atoms with van der Waals surface area (Å²) in [7, 11) is -2.25. The first-order valence-electron chi connectivity index (χ1n) is 6.84. The SMILES string of the molecule is C[Si](C)(C)c1ccc(Cc2ccc([Si](C)(C)C)s2)s1. The largest absolute Gasteiger partial charge is 0.150 e. The van der Waals surface area contributed by atoms with Gasteiger partial charge < -0.3 is 0 Å². The van der Waals surface area contributed by atoms with E-state index < -0.39 is 16.1 Å². The Kier molecular flexibility index (Phi) is 4.26. The Morgan fingerprint density at radius 2 is 1.05 bits per heavy atom. The summed E-state index contributed by atoms with van der Waals surface area (Å²) in [5.74, 6) is 0. The molecule has 0 aliphatic carbocycles. The van der Waals surface area contributed by atoms with Crippen molar-refractivity contribution >= 4 is 47.8 Å². The van der Waals surface area contributed by atoms with Crippen molar-refractivity contribution in [1.29, 1.82) is 0 Å². The minimum absolute atomic E-state index is 1.13. The summed E-state index contributed by atoms with van der Waals surface area (Å²) in [5.41, 5.74) is 0. The summed E-state index contributed by atoms with van der Waals surface area (Å²) in [6.45, 7) is 14.6. The first kappa shape index (κ1) is 15.2. The van der Waals surface area contributed by atoms with Crippen LogP contribution < -0.4 is 9.00 Å². The molecule has 2 heterocycles. The Bertz CT molecular complexity index is 503. The minimum atomic E-state index is -1.13. The molecule has 2 aromatic rings. The molecule has 0 fully saturated rings. The highest BCUT2D eigenvalue weighted by atomic mass is 32.1. The molecular weight excluding hydrogens is 300 g/mol. The van der Waals surface area contributed by atoms with Gasteiger partial charge in [-0.2, -0.15) is 0 Å². The Balaban J connectivity index is 2.14. The third-order valence-corrected chi connectivity index (χ3v) is 12.5. The van der Waals surface area contributed by atoms with Crippen LogP contribution in [0.2, 0.25) is 39.3 Å². The van der Waals surface area contributed by atoms with E-state index in [2.05, 4.69) is 63.5 Å². The smallest absolute Gasteiger partial charge is 0.0904 e. The highest BCUT2D eigenvalue weighted by Gasteiger charge is 2.20. The van der Waals surface area contributed by atoms with E-state index in [1.54, 1.807) is 9.00 Å². The molecule has 2 rings (SSSR count). The molecule has 0 aliphatic rings. The zero-order valence-electron chi connectivity index (χ0n) is 12.8. The molecule has 0 N–H and O–H groups in total. The molecule has 19 heavy (non-hydrogen) atoms. The van der Waals surface area contributed by atoms with Crippen LogP contribution in [-0.2, 0) is 6.42 Å². The van der Waals surface area contributed by atoms with Crippen LogP contribution in [0, 0.1) is 0 Å². The summed E-state index contributed by atoms with van der Waals surface area (Å²) in [4.78, 5) is 3.06. The zero-order valence-corrected chi connectivity index (χ0v) is 16.5. The molecule has 0 atom stereocenters. The maximum atomic E-state index is 2.43. The lowest BCUT2D eigenvalue weighted by molar-refractivity contribution is 1.31. The van der Waals surface area contributed by atoms with Gasteiger partial charge in [-0.1, -0.05) is 51.4 Å². The molecule has 0 spiro atoms. The van der Waals surface area contributed by atoms with Crippen LogP contribution in [0.1, 0.15) is 9.75 Å². The van der Waals surface area contributed by atoms with Gasteiger partial charge in [-0.25, -0.2) is 0 Å². The van der Waals surface area contributed by atoms with Crippen LogP contribution in [0.5, 0.6) is 0 Å². The number of rotatable bonds is 4. The molecule has 0 saturated carbocycles. The van der Waals surface area contributed by atoms with Crippen LogP contribution in [0.3, 0.4) is 0 Å². The number of hydrogen-bond acceptors (Lipinski definition) is 2. The van der Waals surface area contributed by atoms with E-state index in [-0.39, 0.29) is 0 Å². The molecular formula is C15H24S2Si2. The third kappa shape index (κ3) is 3.91. The first-order valence-corrected chi connectivity index (χ1v) is 15.5. The fourth-order valence-electron chi connectivity index (χ4n) is 1.92. The van der Waals surface area contributed by atoms with Gasteiger partial charge in [0.25, 0.3) is 0 Å². The monoisotopic (exact) mass is 324 g/mol. The Morgan fingerprint density at radius 3 is 1.32 bits per heavy atom. The molecule has 0 bridgehead atoms. The van der Waals surface area contributed by atoms with Gasteiger partial charge in [0.2, 0.25) is 0 Å². The highest BCUT2D eigenvalue weighted by Crippen LogP contribution is 2.20. The Morgan fingerprint density at radius 1 is 0.684 bits per heavy atom. The molecule has 4 heteroatoms. The predicted octanol–water partition coefficient (Wildman–Crippen LogP) is 4.49. The van der Waals surface area contributed by atoms with E-state index >= 15 is 0 Å². The van der Waals surface area contributed by atoms with Crippen molar-refractivity contribution in [1.82, 2.24) is 0 Å². The average Bonchev–Trinajstić information content (AvgIpc) is 2.84. The normalized spacial score (nSPS) is 12.9. The number of hydrogen-bond donors (Lipinski definition) is 0. The molecule has 0 nitrogen and oxygen atoms in total. The second-order valence-corrected chi connectivity index (χ2v) is 20.3. The van der Waals surface area contributed by atoms with E-state index in [4.69, 9.17) is 0 Å². The highest BCUT2D eigenvalue weighted by molar-refractivity contribution is 7.27. The predicted molar refractivity (Wildman–Crippen MR) is 97.4 cm³/mol. The quantitative estimate of drug-likeness (QED) is 0.727. The van der Waals surface area contributed by atoms with Gasteiger partial charge in [0.1, 0.15) is 0 Å². The third-order valence-electron chi connectivity index (χ3n) is 3.15. The molecule has 2 aromatic heterocycles. The van der Waals surface area contributed by atoms with Crippen LogP contribution >= 0.6 is 22.7 Å². The lowest BCUT2D eigenvalue weighted by Gasteiger charge is -2.12. The molecule has 0 radical (unpaired) electrons. The fourth-order valence-corrected chi connectivity index (χ4v) is 7.98. The lowest BCUT2D eigenvalue weighted by atomic mass is 10.3. The number of thiophene rings is 2. The molecule has 0 aromatic carbocycles. The summed E-state index contributed by atoms with van der Waals surface area (Å²) in [5, 5.41) is 0. The van der Waals surface area contributed by atoms with Gasteiger partial charge in [0, 0.05) is 16.2 Å². The molecule has 0 saturated heterocycles. The fraction of sp³-hybridized carbons (Fsp3) is 0.467. The molecule has 104 valence electrons. The average molecular weight is 325 g/mol. The first-order chi connectivity index (χ1) is 8.66. The van der Waals surface area contributed by atoms with E-state index in [9.17, 15) is 0 Å². The molecule has 0 unspecified atom stereocenters. The van der Waals surface area contributed by atoms with Crippen molar-refractivity contribution in [3.8, 4) is 0 Å². The van der Waals surface area contributed by atoms with Gasteiger partial charge in [-0.3, -0.25) is 0 Å². The van der Waals surface area contributed by atoms with Crippen molar-refractivity contribution < 1.29 is 0 Å². The van der Waals surface area contributed by atoms with Crippen molar-refractivity contribution in [3.05, 3.63) is 34.0 Å². The second-order valence-electron chi connectivity index (χ2n) is 7.21. The summed E-state index contributed by atoms with van der Waals surface area (Å²) >= 11 is 4.06. The Labute approximate surface area is 127 Å². The van der Waals surface area contributed by atoms with Gasteiger partial charge in [-0.15, -0.1) is 22.7 Å². The van der Waals surface area contributed by atoms with Crippen LogP contribution in [-0.4, -0.2) is 16.1 Å². The second kappa shape index (κ2) is 5.32. The van der Waals surface area contributed by atoms with Crippen molar-refractivity contribution in [2.24, 2.45) is 0 Å². The van der Waals surface area contributed by atoms with Crippen molar-refractivity contribution in [2.45, 2.75) is 45.7 Å². The standard InChI is InChI=1S/C15H24S2Si2/c1-18(2,3)14-9-7-12(16-14)11-13-8-10-15(17-13)19(4,5)6/h7-10H,11H2,1-6H3. The van der Waals surface area contributed by atoms with Crippen molar-refractivity contribution in [2.75, 3.05) is 0 Å². The molecule has 0 amide bonds. The van der Waals surface area contributed by atoms with E-state index in [0.717, 1.165) is 6.42 Å². The van der Waals surface area contributed by atoms with Gasteiger partial charge >= 0.3 is 0 Å². The maximum absolute atomic E-state index is 2.43. The van der Waals surface area contributed by atoms with E-state index in [1.807, 2.05) is 22.7 Å². The summed E-state index contributed by atoms with van der Waals surface area (Å²) < 4.78 is 3.26. The maximum Gasteiger partial charge on any atom is 0.0904 e. The van der Waals surface area contributed by atoms with Gasteiger partial charge in [-0.05, 0) is 21.1 Å². The minimum Gasteiger partial charge on any atom is -0.150 e. The van der Waals surface area contributed by atoms with Crippen molar-refractivity contribution in [3.63, 3.8) is 0 Å². The topological polar surface area (TPSA) is 0 Å². The molecule has 0 aliphatic heterocycles. The lowest BCUT2D eigenvalue weighted by Crippen LogP contribution is -2.34. The van der Waals surface area contributed by atoms with E-state index in [0.29, 0.717) is 0 Å². The van der Waals surface area contributed by atoms with Gasteiger partial charge in [0.05, 0.1) is 16.1 Å². The summed E-state index contributed by atoms with van der Waals surface area (Å²) in [6, 6.07) is 9.40. The van der Waals surface area contributed by atoms with E-state index in [1.165, 1.54) is 9.75 Å². The zero-order chi connectivity index (χ0) is 14.3. The van der Waals surface area contributed by atoms with Crippen LogP contribution in [0.4, 0.5) is 0 Å². The van der Waals surface area contributed by atoms with Crippen LogP contribution in [0.25, 0.3) is 0 Å². The Hall–Kier alpha value is -0.166. The summed E-state index contributed by atoms with van der Waals surface area (Å²) in [6.07, 6.45) is 1.13. The van der Waals surface area contributed by atoms with Crippen LogP contribution in [0.15, 0.2) is 24.3 Å². The van der Waals surface area contributed by atoms with Gasteiger partial charge in [0.15, 0.2) is 0 Å².